The number of hydrogen-bond donors (Lipinski definition) is 0. The molecule has 10 aromatic rings. The van der Waals surface area contributed by atoms with Crippen LogP contribution in [0.2, 0.25) is 0 Å². The quantitative estimate of drug-likeness (QED) is 0.169. The molecule has 61 heavy (non-hydrogen) atoms. The summed E-state index contributed by atoms with van der Waals surface area (Å²) in [6, 6.07) is 72.5. The number of aromatic nitrogens is 3. The lowest BCUT2D eigenvalue weighted by atomic mass is 9.72. The van der Waals surface area contributed by atoms with Crippen molar-refractivity contribution in [2.75, 3.05) is 4.90 Å². The van der Waals surface area contributed by atoms with Crippen molar-refractivity contribution in [2.24, 2.45) is 0 Å². The Morgan fingerprint density at radius 2 is 1.03 bits per heavy atom. The van der Waals surface area contributed by atoms with Crippen LogP contribution in [0, 0.1) is 11.3 Å². The van der Waals surface area contributed by atoms with Gasteiger partial charge in [0.15, 0.2) is 5.82 Å². The summed E-state index contributed by atoms with van der Waals surface area (Å²) in [6.07, 6.45) is 0. The maximum atomic E-state index is 10.7. The molecular weight excluding hydrogens is 743 g/mol. The fraction of sp³-hybridized carbons (Fsp3) is 0.0536. The highest BCUT2D eigenvalue weighted by molar-refractivity contribution is 6.13. The van der Waals surface area contributed by atoms with Gasteiger partial charge in [-0.1, -0.05) is 166 Å². The lowest BCUT2D eigenvalue weighted by molar-refractivity contribution is 0.636. The monoisotopic (exact) mass is 781 g/mol. The maximum absolute atomic E-state index is 10.7. The first kappa shape index (κ1) is 36.0. The molecule has 8 aromatic carbocycles. The topological polar surface area (TPSA) is 57.7 Å². The first-order chi connectivity index (χ1) is 30.0. The van der Waals surface area contributed by atoms with Gasteiger partial charge in [-0.2, -0.15) is 5.26 Å². The minimum absolute atomic E-state index is 0.367. The standard InChI is InChI=1S/C56H39N5/c1-56(2)47-28-16-18-30-49(47)60(42-25-13-6-14-26-42)50-32-31-45-44-27-15-17-29-48(44)61(54(45)51(50)56)43-34-40(37-19-7-3-8-20-37)33-41(35-43)55-58-52(38-21-9-4-10-22-38)46(36-57)53(59-55)39-23-11-5-12-24-39/h3-35H,1-2H3. The lowest BCUT2D eigenvalue weighted by Crippen LogP contribution is -2.31. The Kier molecular flexibility index (Phi) is 8.47. The van der Waals surface area contributed by atoms with E-state index in [1.807, 2.05) is 66.7 Å². The van der Waals surface area contributed by atoms with E-state index in [2.05, 4.69) is 163 Å². The van der Waals surface area contributed by atoms with Gasteiger partial charge in [-0.25, -0.2) is 9.97 Å². The predicted octanol–water partition coefficient (Wildman–Crippen LogP) is 14.2. The first-order valence-electron chi connectivity index (χ1n) is 20.6. The Morgan fingerprint density at radius 1 is 0.475 bits per heavy atom. The fourth-order valence-corrected chi connectivity index (χ4v) is 9.41. The molecule has 0 N–H and O–H groups in total. The highest BCUT2D eigenvalue weighted by Crippen LogP contribution is 2.55. The van der Waals surface area contributed by atoms with Gasteiger partial charge in [0.1, 0.15) is 11.6 Å². The molecule has 0 saturated carbocycles. The van der Waals surface area contributed by atoms with Crippen molar-refractivity contribution in [3.63, 3.8) is 0 Å². The van der Waals surface area contributed by atoms with Gasteiger partial charge in [-0.05, 0) is 65.2 Å². The average Bonchev–Trinajstić information content (AvgIpc) is 3.66. The van der Waals surface area contributed by atoms with Gasteiger partial charge in [0, 0.05) is 49.8 Å². The van der Waals surface area contributed by atoms with Gasteiger partial charge in [-0.15, -0.1) is 0 Å². The normalized spacial score (nSPS) is 12.8. The van der Waals surface area contributed by atoms with E-state index in [4.69, 9.17) is 9.97 Å². The van der Waals surface area contributed by atoms with Crippen LogP contribution < -0.4 is 4.90 Å². The van der Waals surface area contributed by atoms with Crippen molar-refractivity contribution < 1.29 is 0 Å². The smallest absolute Gasteiger partial charge is 0.160 e. The molecule has 0 bridgehead atoms. The molecule has 5 nitrogen and oxygen atoms in total. The van der Waals surface area contributed by atoms with Crippen molar-refractivity contribution >= 4 is 38.9 Å². The van der Waals surface area contributed by atoms with Crippen molar-refractivity contribution in [2.45, 2.75) is 19.3 Å². The Balaban J connectivity index is 1.25. The number of fused-ring (bicyclic) bond motifs is 6. The number of anilines is 3. The van der Waals surface area contributed by atoms with Gasteiger partial charge >= 0.3 is 0 Å². The molecule has 11 rings (SSSR count). The molecule has 5 heteroatoms. The number of nitriles is 1. The summed E-state index contributed by atoms with van der Waals surface area (Å²) >= 11 is 0. The van der Waals surface area contributed by atoms with Gasteiger partial charge in [-0.3, -0.25) is 0 Å². The summed E-state index contributed by atoms with van der Waals surface area (Å²) in [7, 11) is 0. The highest BCUT2D eigenvalue weighted by Gasteiger charge is 2.39. The summed E-state index contributed by atoms with van der Waals surface area (Å²) < 4.78 is 2.46. The van der Waals surface area contributed by atoms with Crippen molar-refractivity contribution in [3.8, 4) is 56.8 Å². The Hall–Kier alpha value is -8.07. The molecular formula is C56H39N5. The molecule has 0 unspecified atom stereocenters. The van der Waals surface area contributed by atoms with Gasteiger partial charge < -0.3 is 9.47 Å². The Morgan fingerprint density at radius 3 is 1.69 bits per heavy atom. The van der Waals surface area contributed by atoms with Crippen LogP contribution in [-0.4, -0.2) is 14.5 Å². The predicted molar refractivity (Wildman–Crippen MR) is 250 cm³/mol. The van der Waals surface area contributed by atoms with E-state index in [0.29, 0.717) is 22.8 Å². The molecule has 0 saturated heterocycles. The molecule has 0 amide bonds. The van der Waals surface area contributed by atoms with E-state index in [1.54, 1.807) is 0 Å². The van der Waals surface area contributed by atoms with Crippen LogP contribution in [0.3, 0.4) is 0 Å². The Labute approximate surface area is 355 Å². The summed E-state index contributed by atoms with van der Waals surface area (Å²) in [6.45, 7) is 4.72. The van der Waals surface area contributed by atoms with E-state index in [0.717, 1.165) is 55.9 Å². The van der Waals surface area contributed by atoms with Crippen LogP contribution in [0.15, 0.2) is 200 Å². The summed E-state index contributed by atoms with van der Waals surface area (Å²) in [5.74, 6) is 0.544. The second kappa shape index (κ2) is 14.3. The third kappa shape index (κ3) is 5.84. The summed E-state index contributed by atoms with van der Waals surface area (Å²) in [5.41, 5.74) is 15.2. The van der Waals surface area contributed by atoms with E-state index in [1.165, 1.54) is 27.6 Å². The number of hydrogen-bond acceptors (Lipinski definition) is 4. The van der Waals surface area contributed by atoms with Crippen molar-refractivity contribution in [3.05, 3.63) is 217 Å². The molecule has 1 aliphatic rings. The van der Waals surface area contributed by atoms with Crippen LogP contribution >= 0.6 is 0 Å². The lowest BCUT2D eigenvalue weighted by Gasteiger charge is -2.42. The van der Waals surface area contributed by atoms with Crippen LogP contribution in [0.1, 0.15) is 30.5 Å². The van der Waals surface area contributed by atoms with Crippen LogP contribution in [0.4, 0.5) is 17.1 Å². The molecule has 1 aliphatic heterocycles. The largest absolute Gasteiger partial charge is 0.310 e. The van der Waals surface area contributed by atoms with Crippen molar-refractivity contribution in [1.29, 1.82) is 5.26 Å². The zero-order valence-corrected chi connectivity index (χ0v) is 33.8. The van der Waals surface area contributed by atoms with Gasteiger partial charge in [0.05, 0.1) is 33.8 Å². The summed E-state index contributed by atoms with van der Waals surface area (Å²) in [4.78, 5) is 12.9. The molecule has 3 heterocycles. The zero-order chi connectivity index (χ0) is 41.1. The SMILES string of the molecule is CC1(C)c2ccccc2N(c2ccccc2)c2ccc3c4ccccc4n(-c4cc(-c5ccccc5)cc(-c5nc(-c6ccccc6)c(C#N)c(-c6ccccc6)n5)c4)c3c21. The van der Waals surface area contributed by atoms with Gasteiger partial charge in [0.25, 0.3) is 0 Å². The minimum atomic E-state index is -0.367. The second-order valence-corrected chi connectivity index (χ2v) is 16.1. The molecule has 0 aliphatic carbocycles. The number of benzene rings is 8. The van der Waals surface area contributed by atoms with Crippen molar-refractivity contribution in [1.82, 2.24) is 14.5 Å². The number of nitrogens with zero attached hydrogens (tertiary/aromatic N) is 5. The molecule has 0 radical (unpaired) electrons. The first-order valence-corrected chi connectivity index (χ1v) is 20.6. The molecule has 288 valence electrons. The van der Waals surface area contributed by atoms with E-state index < -0.39 is 0 Å². The second-order valence-electron chi connectivity index (χ2n) is 16.1. The zero-order valence-electron chi connectivity index (χ0n) is 33.8. The number of rotatable bonds is 6. The fourth-order valence-electron chi connectivity index (χ4n) is 9.41. The molecule has 2 aromatic heterocycles. The Bertz CT molecular complexity index is 3270. The van der Waals surface area contributed by atoms with E-state index >= 15 is 0 Å². The third-order valence-electron chi connectivity index (χ3n) is 12.2. The van der Waals surface area contributed by atoms with E-state index in [9.17, 15) is 5.26 Å². The third-order valence-corrected chi connectivity index (χ3v) is 12.2. The van der Waals surface area contributed by atoms with Crippen LogP contribution in [-0.2, 0) is 5.41 Å². The maximum Gasteiger partial charge on any atom is 0.160 e. The minimum Gasteiger partial charge on any atom is -0.310 e. The van der Waals surface area contributed by atoms with Crippen LogP contribution in [0.25, 0.3) is 72.5 Å². The molecule has 0 spiro atoms. The summed E-state index contributed by atoms with van der Waals surface area (Å²) in [5, 5.41) is 13.1. The average molecular weight is 782 g/mol. The number of para-hydroxylation sites is 3. The molecule has 0 fully saturated rings. The van der Waals surface area contributed by atoms with Crippen LogP contribution in [0.5, 0.6) is 0 Å². The van der Waals surface area contributed by atoms with Gasteiger partial charge in [0.2, 0.25) is 0 Å². The highest BCUT2D eigenvalue weighted by atomic mass is 15.2. The molecule has 0 atom stereocenters. The van der Waals surface area contributed by atoms with E-state index in [-0.39, 0.29) is 5.41 Å².